The molecular formula is C23H18N2O4. The van der Waals surface area contributed by atoms with E-state index in [2.05, 4.69) is 10.3 Å². The third-order valence-electron chi connectivity index (χ3n) is 4.91. The third-order valence-corrected chi connectivity index (χ3v) is 4.91. The van der Waals surface area contributed by atoms with Gasteiger partial charge in [-0.1, -0.05) is 12.1 Å². The maximum Gasteiger partial charge on any atom is 0.255 e. The summed E-state index contributed by atoms with van der Waals surface area (Å²) in [5.74, 6) is 1.51. The molecule has 1 aromatic heterocycles. The standard InChI is InChI=1S/C23H18N2O4/c1-13-3-7-17-20(9-13)29-23(25-17)16-5-4-14(2)18(10-16)24-22(26)15-6-8-19-21(11-15)28-12-27-19/h3-11H,12H2,1-2H3,(H,24,26). The lowest BCUT2D eigenvalue weighted by molar-refractivity contribution is 0.102. The highest BCUT2D eigenvalue weighted by Gasteiger charge is 2.17. The summed E-state index contributed by atoms with van der Waals surface area (Å²) >= 11 is 0. The highest BCUT2D eigenvalue weighted by atomic mass is 16.7. The molecule has 3 aromatic carbocycles. The second-order valence-electron chi connectivity index (χ2n) is 7.04. The molecule has 6 heteroatoms. The molecule has 1 amide bonds. The number of ether oxygens (including phenoxy) is 2. The van der Waals surface area contributed by atoms with Gasteiger partial charge in [0, 0.05) is 16.8 Å². The molecule has 29 heavy (non-hydrogen) atoms. The van der Waals surface area contributed by atoms with Crippen molar-refractivity contribution in [3.63, 3.8) is 0 Å². The second kappa shape index (κ2) is 6.67. The van der Waals surface area contributed by atoms with Crippen molar-refractivity contribution in [2.75, 3.05) is 12.1 Å². The summed E-state index contributed by atoms with van der Waals surface area (Å²) in [4.78, 5) is 17.3. The van der Waals surface area contributed by atoms with Gasteiger partial charge < -0.3 is 19.2 Å². The van der Waals surface area contributed by atoms with Gasteiger partial charge in [-0.2, -0.15) is 0 Å². The van der Waals surface area contributed by atoms with E-state index in [0.29, 0.717) is 28.6 Å². The molecule has 0 fully saturated rings. The van der Waals surface area contributed by atoms with E-state index in [1.165, 1.54) is 0 Å². The number of aryl methyl sites for hydroxylation is 2. The lowest BCUT2D eigenvalue weighted by atomic mass is 10.1. The molecule has 0 saturated heterocycles. The number of carbonyl (C=O) groups is 1. The molecule has 5 rings (SSSR count). The topological polar surface area (TPSA) is 73.6 Å². The number of nitrogens with zero attached hydrogens (tertiary/aromatic N) is 1. The minimum atomic E-state index is -0.225. The first-order chi connectivity index (χ1) is 14.1. The predicted molar refractivity (Wildman–Crippen MR) is 109 cm³/mol. The first-order valence-electron chi connectivity index (χ1n) is 9.26. The molecule has 0 unspecified atom stereocenters. The van der Waals surface area contributed by atoms with Crippen LogP contribution in [0, 0.1) is 13.8 Å². The van der Waals surface area contributed by atoms with Gasteiger partial charge in [0.05, 0.1) is 0 Å². The van der Waals surface area contributed by atoms with Crippen LogP contribution >= 0.6 is 0 Å². The van der Waals surface area contributed by atoms with E-state index in [0.717, 1.165) is 27.8 Å². The summed E-state index contributed by atoms with van der Waals surface area (Å²) in [7, 11) is 0. The Bertz CT molecular complexity index is 1260. The first-order valence-corrected chi connectivity index (χ1v) is 9.26. The average molecular weight is 386 g/mol. The number of oxazole rings is 1. The van der Waals surface area contributed by atoms with Crippen molar-refractivity contribution in [1.29, 1.82) is 0 Å². The van der Waals surface area contributed by atoms with Crippen LogP contribution in [0.15, 0.2) is 59.0 Å². The molecule has 1 aliphatic rings. The number of hydrogen-bond donors (Lipinski definition) is 1. The molecule has 0 saturated carbocycles. The van der Waals surface area contributed by atoms with Crippen LogP contribution in [0.2, 0.25) is 0 Å². The minimum Gasteiger partial charge on any atom is -0.454 e. The van der Waals surface area contributed by atoms with Crippen molar-refractivity contribution in [2.24, 2.45) is 0 Å². The fraction of sp³-hybridized carbons (Fsp3) is 0.130. The summed E-state index contributed by atoms with van der Waals surface area (Å²) in [6, 6.07) is 16.8. The first kappa shape index (κ1) is 17.3. The number of nitrogens with one attached hydrogen (secondary N) is 1. The zero-order valence-corrected chi connectivity index (χ0v) is 16.0. The quantitative estimate of drug-likeness (QED) is 0.531. The molecular weight excluding hydrogens is 368 g/mol. The van der Waals surface area contributed by atoms with E-state index in [-0.39, 0.29) is 12.7 Å². The van der Waals surface area contributed by atoms with Crippen LogP contribution in [0.3, 0.4) is 0 Å². The van der Waals surface area contributed by atoms with E-state index in [1.807, 2.05) is 50.2 Å². The molecule has 144 valence electrons. The van der Waals surface area contributed by atoms with Crippen molar-refractivity contribution in [1.82, 2.24) is 4.98 Å². The van der Waals surface area contributed by atoms with Crippen LogP contribution in [-0.4, -0.2) is 17.7 Å². The predicted octanol–water partition coefficient (Wildman–Crippen LogP) is 5.09. The van der Waals surface area contributed by atoms with E-state index < -0.39 is 0 Å². The summed E-state index contributed by atoms with van der Waals surface area (Å²) in [6.45, 7) is 4.12. The molecule has 0 atom stereocenters. The molecule has 0 bridgehead atoms. The van der Waals surface area contributed by atoms with Crippen molar-refractivity contribution in [3.05, 3.63) is 71.3 Å². The molecule has 1 aliphatic heterocycles. The number of hydrogen-bond acceptors (Lipinski definition) is 5. The third kappa shape index (κ3) is 3.18. The Balaban J connectivity index is 1.45. The number of fused-ring (bicyclic) bond motifs is 2. The Hall–Kier alpha value is -3.80. The van der Waals surface area contributed by atoms with Crippen LogP contribution in [-0.2, 0) is 0 Å². The van der Waals surface area contributed by atoms with E-state index in [9.17, 15) is 4.79 Å². The lowest BCUT2D eigenvalue weighted by Crippen LogP contribution is -2.12. The van der Waals surface area contributed by atoms with Crippen LogP contribution in [0.4, 0.5) is 5.69 Å². The normalized spacial score (nSPS) is 12.3. The van der Waals surface area contributed by atoms with Gasteiger partial charge in [-0.15, -0.1) is 0 Å². The highest BCUT2D eigenvalue weighted by Crippen LogP contribution is 2.33. The highest BCUT2D eigenvalue weighted by molar-refractivity contribution is 6.05. The van der Waals surface area contributed by atoms with Gasteiger partial charge in [0.1, 0.15) is 5.52 Å². The van der Waals surface area contributed by atoms with Crippen molar-refractivity contribution in [3.8, 4) is 23.0 Å². The van der Waals surface area contributed by atoms with Crippen molar-refractivity contribution >= 4 is 22.7 Å². The monoisotopic (exact) mass is 386 g/mol. The summed E-state index contributed by atoms with van der Waals surface area (Å²) in [5.41, 5.74) is 5.59. The zero-order valence-electron chi connectivity index (χ0n) is 16.0. The molecule has 6 nitrogen and oxygen atoms in total. The smallest absolute Gasteiger partial charge is 0.255 e. The summed E-state index contributed by atoms with van der Waals surface area (Å²) in [5, 5.41) is 2.97. The molecule has 4 aromatic rings. The molecule has 1 N–H and O–H groups in total. The number of carbonyl (C=O) groups excluding carboxylic acids is 1. The lowest BCUT2D eigenvalue weighted by Gasteiger charge is -2.10. The number of benzene rings is 3. The summed E-state index contributed by atoms with van der Waals surface area (Å²) in [6.07, 6.45) is 0. The Kier molecular flexibility index (Phi) is 3.98. The maximum absolute atomic E-state index is 12.7. The van der Waals surface area contributed by atoms with E-state index in [1.54, 1.807) is 18.2 Å². The number of anilines is 1. The van der Waals surface area contributed by atoms with Gasteiger partial charge in [-0.3, -0.25) is 4.79 Å². The van der Waals surface area contributed by atoms with Gasteiger partial charge in [-0.05, 0) is 67.4 Å². The van der Waals surface area contributed by atoms with Gasteiger partial charge in [0.2, 0.25) is 12.7 Å². The van der Waals surface area contributed by atoms with Crippen molar-refractivity contribution in [2.45, 2.75) is 13.8 Å². The van der Waals surface area contributed by atoms with Crippen LogP contribution in [0.1, 0.15) is 21.5 Å². The SMILES string of the molecule is Cc1ccc2nc(-c3ccc(C)c(NC(=O)c4ccc5c(c4)OCO5)c3)oc2c1. The van der Waals surface area contributed by atoms with Crippen molar-refractivity contribution < 1.29 is 18.7 Å². The molecule has 0 spiro atoms. The number of amides is 1. The number of rotatable bonds is 3. The minimum absolute atomic E-state index is 0.172. The van der Waals surface area contributed by atoms with Gasteiger partial charge >= 0.3 is 0 Å². The number of aromatic nitrogens is 1. The Morgan fingerprint density at radius 1 is 0.966 bits per heavy atom. The van der Waals surface area contributed by atoms with Gasteiger partial charge in [0.15, 0.2) is 17.1 Å². The van der Waals surface area contributed by atoms with Crippen LogP contribution < -0.4 is 14.8 Å². The zero-order chi connectivity index (χ0) is 20.0. The average Bonchev–Trinajstić information content (AvgIpc) is 3.35. The largest absolute Gasteiger partial charge is 0.454 e. The van der Waals surface area contributed by atoms with E-state index in [4.69, 9.17) is 13.9 Å². The van der Waals surface area contributed by atoms with Crippen LogP contribution in [0.5, 0.6) is 11.5 Å². The molecule has 0 aliphatic carbocycles. The maximum atomic E-state index is 12.7. The fourth-order valence-corrected chi connectivity index (χ4v) is 3.28. The Morgan fingerprint density at radius 3 is 2.72 bits per heavy atom. The van der Waals surface area contributed by atoms with Crippen LogP contribution in [0.25, 0.3) is 22.6 Å². The summed E-state index contributed by atoms with van der Waals surface area (Å²) < 4.78 is 16.6. The fourth-order valence-electron chi connectivity index (χ4n) is 3.28. The van der Waals surface area contributed by atoms with E-state index >= 15 is 0 Å². The molecule has 2 heterocycles. The second-order valence-corrected chi connectivity index (χ2v) is 7.04. The van der Waals surface area contributed by atoms with Gasteiger partial charge in [-0.25, -0.2) is 4.98 Å². The van der Waals surface area contributed by atoms with Gasteiger partial charge in [0.25, 0.3) is 5.91 Å². The Labute approximate surface area is 167 Å². The Morgan fingerprint density at radius 2 is 1.83 bits per heavy atom. The molecule has 0 radical (unpaired) electrons.